The summed E-state index contributed by atoms with van der Waals surface area (Å²) in [7, 11) is 1.88. The van der Waals surface area contributed by atoms with E-state index in [0.29, 0.717) is 32.5 Å². The lowest BCUT2D eigenvalue weighted by molar-refractivity contribution is -0.120. The first kappa shape index (κ1) is 17.1. The smallest absolute Gasteiger partial charge is 0.224 e. The van der Waals surface area contributed by atoms with Crippen molar-refractivity contribution in [3.8, 4) is 0 Å². The van der Waals surface area contributed by atoms with Crippen molar-refractivity contribution in [1.29, 1.82) is 0 Å². The van der Waals surface area contributed by atoms with Crippen LogP contribution in [0, 0.1) is 0 Å². The number of carbonyl (C=O) groups excluding carboxylic acids is 1. The third kappa shape index (κ3) is 4.66. The Kier molecular flexibility index (Phi) is 5.66. The number of carbonyl (C=O) groups is 1. The minimum atomic E-state index is -0.815. The fourth-order valence-electron chi connectivity index (χ4n) is 3.68. The average molecular weight is 334 g/mol. The molecule has 1 fully saturated rings. The first-order valence-corrected chi connectivity index (χ1v) is 8.90. The molecule has 0 saturated carbocycles. The topological polar surface area (TPSA) is 50.2 Å². The Hall–Kier alpha value is -1.69. The van der Waals surface area contributed by atoms with Gasteiger partial charge in [-0.1, -0.05) is 11.6 Å². The van der Waals surface area contributed by atoms with Gasteiger partial charge in [0.1, 0.15) is 6.17 Å². The number of amides is 1. The maximum atomic E-state index is 13.8. The number of hydrogen-bond donors (Lipinski definition) is 1. The normalized spacial score (nSPS) is 24.8. The van der Waals surface area contributed by atoms with Gasteiger partial charge in [-0.25, -0.2) is 4.39 Å². The second-order valence-corrected chi connectivity index (χ2v) is 7.03. The van der Waals surface area contributed by atoms with Crippen molar-refractivity contribution in [3.63, 3.8) is 0 Å². The minimum Gasteiger partial charge on any atom is -0.354 e. The van der Waals surface area contributed by atoms with Gasteiger partial charge in [-0.2, -0.15) is 5.10 Å². The molecule has 1 saturated heterocycles. The van der Waals surface area contributed by atoms with Crippen molar-refractivity contribution in [3.05, 3.63) is 29.6 Å². The monoisotopic (exact) mass is 334 g/mol. The van der Waals surface area contributed by atoms with Gasteiger partial charge in [0.05, 0.1) is 6.20 Å². The molecule has 1 aromatic rings. The van der Waals surface area contributed by atoms with Gasteiger partial charge in [-0.15, -0.1) is 0 Å². The fraction of sp³-hybridized carbons (Fsp3) is 0.667. The number of aryl methyl sites for hydroxylation is 1. The van der Waals surface area contributed by atoms with Gasteiger partial charge in [0, 0.05) is 50.9 Å². The summed E-state index contributed by atoms with van der Waals surface area (Å²) in [5, 5.41) is 7.17. The van der Waals surface area contributed by atoms with Gasteiger partial charge in [-0.05, 0) is 32.1 Å². The molecule has 0 bridgehead atoms. The van der Waals surface area contributed by atoms with E-state index in [0.717, 1.165) is 18.4 Å². The molecule has 2 aliphatic rings. The van der Waals surface area contributed by atoms with Crippen LogP contribution in [0.1, 0.15) is 44.1 Å². The molecule has 1 N–H and O–H groups in total. The second kappa shape index (κ2) is 7.92. The number of allylic oxidation sites excluding steroid dienone is 1. The van der Waals surface area contributed by atoms with Gasteiger partial charge < -0.3 is 5.32 Å². The van der Waals surface area contributed by atoms with Crippen LogP contribution in [0.3, 0.4) is 0 Å². The Labute approximate surface area is 142 Å². The first-order valence-electron chi connectivity index (χ1n) is 8.90. The third-order valence-corrected chi connectivity index (χ3v) is 4.93. The number of aromatic nitrogens is 2. The average Bonchev–Trinajstić information content (AvgIpc) is 3.12. The van der Waals surface area contributed by atoms with E-state index in [-0.39, 0.29) is 11.9 Å². The number of hydrogen-bond acceptors (Lipinski definition) is 3. The summed E-state index contributed by atoms with van der Waals surface area (Å²) in [6, 6.07) is 0.0597. The van der Waals surface area contributed by atoms with E-state index in [4.69, 9.17) is 0 Å². The number of nitrogens with zero attached hydrogens (tertiary/aromatic N) is 3. The predicted molar refractivity (Wildman–Crippen MR) is 91.1 cm³/mol. The second-order valence-electron chi connectivity index (χ2n) is 7.03. The van der Waals surface area contributed by atoms with Crippen LogP contribution < -0.4 is 5.32 Å². The van der Waals surface area contributed by atoms with Crippen molar-refractivity contribution in [1.82, 2.24) is 20.0 Å². The Morgan fingerprint density at radius 1 is 1.46 bits per heavy atom. The Bertz CT molecular complexity index is 598. The molecule has 2 heterocycles. The summed E-state index contributed by atoms with van der Waals surface area (Å²) in [5.41, 5.74) is 2.33. The number of halogens is 1. The lowest BCUT2D eigenvalue weighted by Gasteiger charge is -2.24. The molecule has 3 rings (SSSR count). The number of rotatable bonds is 6. The highest BCUT2D eigenvalue weighted by Gasteiger charge is 2.32. The maximum Gasteiger partial charge on any atom is 0.224 e. The molecule has 5 nitrogen and oxygen atoms in total. The zero-order chi connectivity index (χ0) is 16.9. The van der Waals surface area contributed by atoms with E-state index in [9.17, 15) is 9.18 Å². The number of alkyl halides is 1. The molecule has 0 spiro atoms. The molecule has 6 heteroatoms. The SMILES string of the molecule is Cn1cc(CN2C[C@@H](F)C[C@H]2CNC(=O)CC2=CCCCC2)cn1. The fourth-order valence-corrected chi connectivity index (χ4v) is 3.68. The van der Waals surface area contributed by atoms with E-state index < -0.39 is 6.17 Å². The van der Waals surface area contributed by atoms with E-state index in [1.165, 1.54) is 18.4 Å². The summed E-state index contributed by atoms with van der Waals surface area (Å²) in [6.45, 7) is 1.63. The van der Waals surface area contributed by atoms with Crippen molar-refractivity contribution < 1.29 is 9.18 Å². The highest BCUT2D eigenvalue weighted by Crippen LogP contribution is 2.23. The molecule has 132 valence electrons. The van der Waals surface area contributed by atoms with Crippen LogP contribution in [0.25, 0.3) is 0 Å². The Morgan fingerprint density at radius 2 is 2.33 bits per heavy atom. The molecule has 2 atom stereocenters. The lowest BCUT2D eigenvalue weighted by Crippen LogP contribution is -2.39. The molecule has 0 aromatic carbocycles. The van der Waals surface area contributed by atoms with Crippen LogP contribution in [0.4, 0.5) is 4.39 Å². The summed E-state index contributed by atoms with van der Waals surface area (Å²) in [5.74, 6) is 0.0618. The van der Waals surface area contributed by atoms with Crippen molar-refractivity contribution in [2.24, 2.45) is 7.05 Å². The predicted octanol–water partition coefficient (Wildman–Crippen LogP) is 2.34. The molecule has 1 aliphatic heterocycles. The Balaban J connectivity index is 1.48. The van der Waals surface area contributed by atoms with Crippen molar-refractivity contribution in [2.75, 3.05) is 13.1 Å². The first-order chi connectivity index (χ1) is 11.6. The van der Waals surface area contributed by atoms with Crippen LogP contribution in [0.15, 0.2) is 24.0 Å². The molecule has 1 aromatic heterocycles. The Morgan fingerprint density at radius 3 is 3.04 bits per heavy atom. The minimum absolute atomic E-state index is 0.0597. The quantitative estimate of drug-likeness (QED) is 0.813. The summed E-state index contributed by atoms with van der Waals surface area (Å²) in [4.78, 5) is 14.3. The third-order valence-electron chi connectivity index (χ3n) is 4.93. The summed E-state index contributed by atoms with van der Waals surface area (Å²) < 4.78 is 15.6. The van der Waals surface area contributed by atoms with Crippen LogP contribution >= 0.6 is 0 Å². The lowest BCUT2D eigenvalue weighted by atomic mass is 9.97. The molecule has 1 aliphatic carbocycles. The maximum absolute atomic E-state index is 13.8. The molecule has 0 unspecified atom stereocenters. The van der Waals surface area contributed by atoms with Crippen molar-refractivity contribution >= 4 is 5.91 Å². The van der Waals surface area contributed by atoms with Gasteiger partial charge in [0.2, 0.25) is 5.91 Å². The summed E-state index contributed by atoms with van der Waals surface area (Å²) >= 11 is 0. The number of likely N-dealkylation sites (tertiary alicyclic amines) is 1. The van der Waals surface area contributed by atoms with E-state index in [1.54, 1.807) is 4.68 Å². The highest BCUT2D eigenvalue weighted by atomic mass is 19.1. The molecule has 24 heavy (non-hydrogen) atoms. The molecule has 1 amide bonds. The van der Waals surface area contributed by atoms with Gasteiger partial charge in [0.15, 0.2) is 0 Å². The number of nitrogens with one attached hydrogen (secondary N) is 1. The van der Waals surface area contributed by atoms with Gasteiger partial charge in [0.25, 0.3) is 0 Å². The van der Waals surface area contributed by atoms with Crippen LogP contribution in [0.2, 0.25) is 0 Å². The van der Waals surface area contributed by atoms with Gasteiger partial charge >= 0.3 is 0 Å². The van der Waals surface area contributed by atoms with Crippen LogP contribution in [-0.4, -0.2) is 45.9 Å². The van der Waals surface area contributed by atoms with E-state index in [2.05, 4.69) is 21.4 Å². The largest absolute Gasteiger partial charge is 0.354 e. The van der Waals surface area contributed by atoms with E-state index in [1.807, 2.05) is 19.4 Å². The highest BCUT2D eigenvalue weighted by molar-refractivity contribution is 5.78. The van der Waals surface area contributed by atoms with Gasteiger partial charge in [-0.3, -0.25) is 14.4 Å². The zero-order valence-corrected chi connectivity index (χ0v) is 14.4. The van der Waals surface area contributed by atoms with Crippen LogP contribution in [-0.2, 0) is 18.4 Å². The zero-order valence-electron chi connectivity index (χ0n) is 14.4. The van der Waals surface area contributed by atoms with E-state index >= 15 is 0 Å². The standard InChI is InChI=1S/C18H27FN4O/c1-22-11-15(9-21-22)12-23-13-16(19)8-17(23)10-20-18(24)7-14-5-3-2-4-6-14/h5,9,11,16-17H,2-4,6-8,10,12-13H2,1H3,(H,20,24)/t16-,17-/m0/s1. The van der Waals surface area contributed by atoms with Crippen LogP contribution in [0.5, 0.6) is 0 Å². The molecule has 0 radical (unpaired) electrons. The van der Waals surface area contributed by atoms with Crippen molar-refractivity contribution in [2.45, 2.75) is 57.3 Å². The molecular formula is C18H27FN4O. The molecular weight excluding hydrogens is 307 g/mol. The summed E-state index contributed by atoms with van der Waals surface area (Å²) in [6.07, 6.45) is 10.7.